The van der Waals surface area contributed by atoms with Crippen molar-refractivity contribution in [2.75, 3.05) is 0 Å². The molecule has 0 atom stereocenters. The van der Waals surface area contributed by atoms with Crippen molar-refractivity contribution in [3.63, 3.8) is 0 Å². The summed E-state index contributed by atoms with van der Waals surface area (Å²) in [5, 5.41) is 11.4. The van der Waals surface area contributed by atoms with Gasteiger partial charge >= 0.3 is 0 Å². The molecule has 0 unspecified atom stereocenters. The predicted octanol–water partition coefficient (Wildman–Crippen LogP) is 3.31. The topological polar surface area (TPSA) is 20.2 Å². The maximum atomic E-state index is 9.21. The number of fused-ring (bicyclic) bond motifs is 1. The molecule has 0 amide bonds. The van der Waals surface area contributed by atoms with E-state index in [9.17, 15) is 5.11 Å². The van der Waals surface area contributed by atoms with E-state index in [0.717, 1.165) is 15.2 Å². The Morgan fingerprint density at radius 3 is 2.75 bits per heavy atom. The van der Waals surface area contributed by atoms with E-state index in [0.29, 0.717) is 5.75 Å². The van der Waals surface area contributed by atoms with E-state index in [-0.39, 0.29) is 0 Å². The first-order valence-corrected chi connectivity index (χ1v) is 4.44. The second-order valence-electron chi connectivity index (χ2n) is 2.65. The summed E-state index contributed by atoms with van der Waals surface area (Å²) in [6, 6.07) is 11.2. The van der Waals surface area contributed by atoms with E-state index in [1.165, 1.54) is 0 Å². The maximum absolute atomic E-state index is 9.21. The van der Waals surface area contributed by atoms with Gasteiger partial charge in [-0.1, -0.05) is 28.1 Å². The van der Waals surface area contributed by atoms with E-state index in [4.69, 9.17) is 0 Å². The van der Waals surface area contributed by atoms with Gasteiger partial charge in [0.2, 0.25) is 0 Å². The van der Waals surface area contributed by atoms with Crippen LogP contribution in [-0.2, 0) is 0 Å². The molecule has 2 aromatic rings. The molecular weight excluding hydrogens is 216 g/mol. The Balaban J connectivity index is 2.86. The Morgan fingerprint density at radius 1 is 1.08 bits per heavy atom. The Bertz CT molecular complexity index is 423. The van der Waals surface area contributed by atoms with Crippen molar-refractivity contribution < 1.29 is 5.11 Å². The van der Waals surface area contributed by atoms with Crippen LogP contribution in [0.15, 0.2) is 40.9 Å². The SMILES string of the molecule is Oc1ccc2c(Br)cccc2c1. The molecule has 0 heterocycles. The van der Waals surface area contributed by atoms with E-state index in [1.54, 1.807) is 12.1 Å². The molecule has 0 saturated carbocycles. The molecule has 0 aromatic heterocycles. The molecule has 1 N–H and O–H groups in total. The highest BCUT2D eigenvalue weighted by Gasteiger charge is 1.97. The summed E-state index contributed by atoms with van der Waals surface area (Å²) in [5.74, 6) is 0.306. The lowest BCUT2D eigenvalue weighted by Gasteiger charge is -1.99. The van der Waals surface area contributed by atoms with Crippen molar-refractivity contribution in [2.24, 2.45) is 0 Å². The van der Waals surface area contributed by atoms with Gasteiger partial charge in [-0.05, 0) is 35.0 Å². The molecular formula is C10H7BrO. The molecule has 0 aliphatic carbocycles. The highest BCUT2D eigenvalue weighted by atomic mass is 79.9. The van der Waals surface area contributed by atoms with Gasteiger partial charge in [-0.3, -0.25) is 0 Å². The molecule has 0 saturated heterocycles. The van der Waals surface area contributed by atoms with E-state index < -0.39 is 0 Å². The van der Waals surface area contributed by atoms with Gasteiger partial charge in [-0.25, -0.2) is 0 Å². The normalized spacial score (nSPS) is 10.4. The van der Waals surface area contributed by atoms with E-state index >= 15 is 0 Å². The van der Waals surface area contributed by atoms with Crippen LogP contribution in [0.3, 0.4) is 0 Å². The third-order valence-electron chi connectivity index (χ3n) is 1.81. The van der Waals surface area contributed by atoms with Crippen LogP contribution in [0.1, 0.15) is 0 Å². The van der Waals surface area contributed by atoms with Crippen LogP contribution in [0, 0.1) is 0 Å². The Morgan fingerprint density at radius 2 is 1.92 bits per heavy atom. The molecule has 0 aliphatic heterocycles. The van der Waals surface area contributed by atoms with Crippen LogP contribution in [0.5, 0.6) is 5.75 Å². The molecule has 0 fully saturated rings. The van der Waals surface area contributed by atoms with Crippen LogP contribution in [0.4, 0.5) is 0 Å². The minimum absolute atomic E-state index is 0.306. The molecule has 60 valence electrons. The molecule has 0 radical (unpaired) electrons. The molecule has 1 nitrogen and oxygen atoms in total. The summed E-state index contributed by atoms with van der Waals surface area (Å²) in [5.41, 5.74) is 0. The first-order chi connectivity index (χ1) is 5.77. The number of hydrogen-bond donors (Lipinski definition) is 1. The molecule has 0 aliphatic rings. The van der Waals surface area contributed by atoms with Gasteiger partial charge in [0.25, 0.3) is 0 Å². The average molecular weight is 223 g/mol. The van der Waals surface area contributed by atoms with Crippen molar-refractivity contribution in [3.8, 4) is 5.75 Å². The summed E-state index contributed by atoms with van der Waals surface area (Å²) >= 11 is 3.44. The zero-order valence-electron chi connectivity index (χ0n) is 6.29. The van der Waals surface area contributed by atoms with Crippen molar-refractivity contribution in [2.45, 2.75) is 0 Å². The Kier molecular flexibility index (Phi) is 1.77. The third-order valence-corrected chi connectivity index (χ3v) is 2.50. The first kappa shape index (κ1) is 7.62. The van der Waals surface area contributed by atoms with Gasteiger partial charge < -0.3 is 5.11 Å². The van der Waals surface area contributed by atoms with Gasteiger partial charge in [0.15, 0.2) is 0 Å². The smallest absolute Gasteiger partial charge is 0.116 e. The largest absolute Gasteiger partial charge is 0.508 e. The summed E-state index contributed by atoms with van der Waals surface area (Å²) in [6.07, 6.45) is 0. The fourth-order valence-electron chi connectivity index (χ4n) is 1.23. The van der Waals surface area contributed by atoms with Crippen molar-refractivity contribution in [1.82, 2.24) is 0 Å². The number of halogens is 1. The van der Waals surface area contributed by atoms with E-state index in [1.807, 2.05) is 24.3 Å². The van der Waals surface area contributed by atoms with Gasteiger partial charge in [-0.15, -0.1) is 0 Å². The fraction of sp³-hybridized carbons (Fsp3) is 0. The molecule has 0 bridgehead atoms. The lowest BCUT2D eigenvalue weighted by molar-refractivity contribution is 0.476. The number of hydrogen-bond acceptors (Lipinski definition) is 1. The minimum Gasteiger partial charge on any atom is -0.508 e. The number of benzene rings is 2. The molecule has 2 heteroatoms. The van der Waals surface area contributed by atoms with Gasteiger partial charge in [-0.2, -0.15) is 0 Å². The standard InChI is InChI=1S/C10H7BrO/c11-10-3-1-2-7-6-8(12)4-5-9(7)10/h1-6,12H. The molecule has 2 aromatic carbocycles. The summed E-state index contributed by atoms with van der Waals surface area (Å²) in [7, 11) is 0. The minimum atomic E-state index is 0.306. The monoisotopic (exact) mass is 222 g/mol. The number of aromatic hydroxyl groups is 1. The van der Waals surface area contributed by atoms with Crippen molar-refractivity contribution in [3.05, 3.63) is 40.9 Å². The van der Waals surface area contributed by atoms with Gasteiger partial charge in [0.05, 0.1) is 0 Å². The van der Waals surface area contributed by atoms with E-state index in [2.05, 4.69) is 15.9 Å². The Labute approximate surface area is 78.8 Å². The second kappa shape index (κ2) is 2.79. The van der Waals surface area contributed by atoms with Crippen LogP contribution in [0.25, 0.3) is 10.8 Å². The quantitative estimate of drug-likeness (QED) is 0.726. The average Bonchev–Trinajstić information content (AvgIpc) is 2.04. The van der Waals surface area contributed by atoms with Crippen LogP contribution < -0.4 is 0 Å². The summed E-state index contributed by atoms with van der Waals surface area (Å²) in [4.78, 5) is 0. The third kappa shape index (κ3) is 1.18. The second-order valence-corrected chi connectivity index (χ2v) is 3.50. The lowest BCUT2D eigenvalue weighted by atomic mass is 10.1. The number of rotatable bonds is 0. The van der Waals surface area contributed by atoms with Crippen LogP contribution in [0.2, 0.25) is 0 Å². The summed E-state index contributed by atoms with van der Waals surface area (Å²) in [6.45, 7) is 0. The van der Waals surface area contributed by atoms with Gasteiger partial charge in [0, 0.05) is 4.47 Å². The highest BCUT2D eigenvalue weighted by molar-refractivity contribution is 9.10. The van der Waals surface area contributed by atoms with Crippen molar-refractivity contribution >= 4 is 26.7 Å². The van der Waals surface area contributed by atoms with Gasteiger partial charge in [0.1, 0.15) is 5.75 Å². The molecule has 0 spiro atoms. The zero-order valence-corrected chi connectivity index (χ0v) is 7.88. The highest BCUT2D eigenvalue weighted by Crippen LogP contribution is 2.26. The predicted molar refractivity (Wildman–Crippen MR) is 53.3 cm³/mol. The number of phenolic OH excluding ortho intramolecular Hbond substituents is 1. The molecule has 2 rings (SSSR count). The molecule has 12 heavy (non-hydrogen) atoms. The van der Waals surface area contributed by atoms with Crippen LogP contribution in [-0.4, -0.2) is 5.11 Å². The van der Waals surface area contributed by atoms with Crippen LogP contribution >= 0.6 is 15.9 Å². The maximum Gasteiger partial charge on any atom is 0.116 e. The summed E-state index contributed by atoms with van der Waals surface area (Å²) < 4.78 is 1.06. The fourth-order valence-corrected chi connectivity index (χ4v) is 1.75. The van der Waals surface area contributed by atoms with Crippen molar-refractivity contribution in [1.29, 1.82) is 0 Å². The Hall–Kier alpha value is -1.02. The lowest BCUT2D eigenvalue weighted by Crippen LogP contribution is -1.73. The number of phenols is 1. The first-order valence-electron chi connectivity index (χ1n) is 3.64. The zero-order chi connectivity index (χ0) is 8.55.